The van der Waals surface area contributed by atoms with Gasteiger partial charge in [0.05, 0.1) is 16.7 Å². The molecule has 0 aliphatic carbocycles. The van der Waals surface area contributed by atoms with Crippen LogP contribution < -0.4 is 5.32 Å². The van der Waals surface area contributed by atoms with Gasteiger partial charge in [-0.3, -0.25) is 9.80 Å². The molecule has 0 heterocycles. The minimum Gasteiger partial charge on any atom is -0.337 e. The lowest BCUT2D eigenvalue weighted by molar-refractivity contribution is -0.138. The van der Waals surface area contributed by atoms with E-state index in [1.54, 1.807) is 44.3 Å². The predicted octanol–water partition coefficient (Wildman–Crippen LogP) is 8.19. The quantitative estimate of drug-likeness (QED) is 0.167. The molecular weight excluding hydrogens is 544 g/mol. The van der Waals surface area contributed by atoms with E-state index in [0.717, 1.165) is 36.4 Å². The third kappa shape index (κ3) is 8.45. The summed E-state index contributed by atoms with van der Waals surface area (Å²) in [6.07, 6.45) is -9.60. The number of rotatable bonds is 8. The monoisotopic (exact) mass is 577 g/mol. The van der Waals surface area contributed by atoms with Gasteiger partial charge in [0.25, 0.3) is 5.91 Å². The summed E-state index contributed by atoms with van der Waals surface area (Å²) in [6, 6.07) is 16.9. The number of allylic oxidation sites excluding steroid dienone is 1. The van der Waals surface area contributed by atoms with Crippen LogP contribution in [0.1, 0.15) is 55.5 Å². The van der Waals surface area contributed by atoms with Crippen molar-refractivity contribution in [2.75, 3.05) is 7.05 Å². The van der Waals surface area contributed by atoms with Crippen molar-refractivity contribution in [3.63, 3.8) is 0 Å². The number of hydrogen-bond donors (Lipinski definition) is 1. The van der Waals surface area contributed by atoms with E-state index in [1.807, 2.05) is 13.8 Å². The summed E-state index contributed by atoms with van der Waals surface area (Å²) in [6.45, 7) is 10.8. The Morgan fingerprint density at radius 1 is 0.780 bits per heavy atom. The van der Waals surface area contributed by atoms with Gasteiger partial charge < -0.3 is 5.32 Å². The SMILES string of the molecule is C=C(C)N(C)/N=C(\C)C(=O)NC(Cc1ccccc1)(c1cccc(C(F)(F)F)c1)c1cccc(C(F)(F)F)c1.CC. The van der Waals surface area contributed by atoms with Crippen LogP contribution in [-0.4, -0.2) is 23.7 Å². The van der Waals surface area contributed by atoms with Crippen LogP contribution in [0.5, 0.6) is 0 Å². The third-order valence-corrected chi connectivity index (χ3v) is 6.19. The first-order chi connectivity index (χ1) is 19.1. The largest absolute Gasteiger partial charge is 0.416 e. The van der Waals surface area contributed by atoms with Gasteiger partial charge in [-0.1, -0.05) is 75.0 Å². The van der Waals surface area contributed by atoms with Gasteiger partial charge in [-0.15, -0.1) is 0 Å². The maximum atomic E-state index is 13.7. The zero-order valence-corrected chi connectivity index (χ0v) is 23.5. The van der Waals surface area contributed by atoms with Crippen molar-refractivity contribution >= 4 is 11.6 Å². The van der Waals surface area contributed by atoms with Crippen molar-refractivity contribution in [3.8, 4) is 0 Å². The van der Waals surface area contributed by atoms with Crippen LogP contribution in [0.2, 0.25) is 0 Å². The molecule has 41 heavy (non-hydrogen) atoms. The molecule has 3 rings (SSSR count). The van der Waals surface area contributed by atoms with Crippen molar-refractivity contribution in [2.45, 2.75) is 52.0 Å². The van der Waals surface area contributed by atoms with Gasteiger partial charge in [0, 0.05) is 19.2 Å². The molecule has 0 aliphatic rings. The van der Waals surface area contributed by atoms with E-state index in [2.05, 4.69) is 17.0 Å². The Bertz CT molecular complexity index is 1310. The lowest BCUT2D eigenvalue weighted by atomic mass is 9.76. The second-order valence-electron chi connectivity index (χ2n) is 9.12. The fraction of sp³-hybridized carbons (Fsp3) is 0.290. The van der Waals surface area contributed by atoms with Crippen LogP contribution in [0, 0.1) is 0 Å². The Morgan fingerprint density at radius 2 is 1.22 bits per heavy atom. The molecule has 3 aromatic rings. The third-order valence-electron chi connectivity index (χ3n) is 6.19. The van der Waals surface area contributed by atoms with E-state index in [0.29, 0.717) is 11.3 Å². The van der Waals surface area contributed by atoms with Gasteiger partial charge in [-0.25, -0.2) is 0 Å². The molecule has 0 aliphatic heterocycles. The Kier molecular flexibility index (Phi) is 10.9. The van der Waals surface area contributed by atoms with E-state index in [4.69, 9.17) is 0 Å². The molecule has 1 amide bonds. The molecule has 220 valence electrons. The molecule has 4 nitrogen and oxygen atoms in total. The molecule has 0 bridgehead atoms. The highest BCUT2D eigenvalue weighted by Crippen LogP contribution is 2.39. The maximum absolute atomic E-state index is 13.7. The lowest BCUT2D eigenvalue weighted by Gasteiger charge is -2.37. The smallest absolute Gasteiger partial charge is 0.337 e. The lowest BCUT2D eigenvalue weighted by Crippen LogP contribution is -2.50. The van der Waals surface area contributed by atoms with Gasteiger partial charge in [0.15, 0.2) is 0 Å². The van der Waals surface area contributed by atoms with Crippen molar-refractivity contribution in [2.24, 2.45) is 5.10 Å². The molecule has 3 aromatic carbocycles. The average molecular weight is 578 g/mol. The van der Waals surface area contributed by atoms with Crippen LogP contribution in [0.4, 0.5) is 26.3 Å². The fourth-order valence-electron chi connectivity index (χ4n) is 4.02. The van der Waals surface area contributed by atoms with Gasteiger partial charge >= 0.3 is 12.4 Å². The molecule has 0 aromatic heterocycles. The Hall–Kier alpha value is -4.08. The number of halogens is 6. The minimum absolute atomic E-state index is 0.0464. The van der Waals surface area contributed by atoms with Gasteiger partial charge in [0.2, 0.25) is 0 Å². The van der Waals surface area contributed by atoms with E-state index in [9.17, 15) is 31.1 Å². The summed E-state index contributed by atoms with van der Waals surface area (Å²) < 4.78 is 82.5. The standard InChI is InChI=1S/C29H27F6N3O.C2H6/c1-19(2)38(4)37-20(3)26(39)36-27(18-21-10-6-5-7-11-21,22-12-8-14-24(16-22)28(30,31)32)23-13-9-15-25(17-23)29(33,34)35;1-2/h5-17H,1,18H2,2-4H3,(H,36,39);1-2H3/b37-20+;. The summed E-state index contributed by atoms with van der Waals surface area (Å²) in [5.41, 5.74) is -2.94. The van der Waals surface area contributed by atoms with E-state index < -0.39 is 34.9 Å². The average Bonchev–Trinajstić information content (AvgIpc) is 2.93. The summed E-state index contributed by atoms with van der Waals surface area (Å²) in [5, 5.41) is 8.23. The number of hydrogen-bond acceptors (Lipinski definition) is 3. The number of benzene rings is 3. The first kappa shape index (κ1) is 33.1. The van der Waals surface area contributed by atoms with Gasteiger partial charge in [-0.2, -0.15) is 31.4 Å². The van der Waals surface area contributed by atoms with Crippen LogP contribution >= 0.6 is 0 Å². The molecular formula is C31H33F6N3O. The summed E-state index contributed by atoms with van der Waals surface area (Å²) in [5.74, 6) is -0.783. The Balaban J connectivity index is 0.00000287. The minimum atomic E-state index is -4.73. The van der Waals surface area contributed by atoms with Crippen molar-refractivity contribution < 1.29 is 31.1 Å². The number of carbonyl (C=O) groups is 1. The topological polar surface area (TPSA) is 44.7 Å². The number of nitrogens with one attached hydrogen (secondary N) is 1. The first-order valence-corrected chi connectivity index (χ1v) is 12.8. The number of alkyl halides is 6. The first-order valence-electron chi connectivity index (χ1n) is 12.8. The number of nitrogens with zero attached hydrogens (tertiary/aromatic N) is 2. The maximum Gasteiger partial charge on any atom is 0.416 e. The van der Waals surface area contributed by atoms with Crippen molar-refractivity contribution in [3.05, 3.63) is 119 Å². The van der Waals surface area contributed by atoms with E-state index in [-0.39, 0.29) is 23.3 Å². The molecule has 0 spiro atoms. The van der Waals surface area contributed by atoms with Crippen LogP contribution in [0.3, 0.4) is 0 Å². The normalized spacial score (nSPS) is 12.2. The van der Waals surface area contributed by atoms with Crippen LogP contribution in [0.15, 0.2) is 96.2 Å². The van der Waals surface area contributed by atoms with Crippen LogP contribution in [-0.2, 0) is 29.1 Å². The molecule has 0 atom stereocenters. The molecule has 0 radical (unpaired) electrons. The Labute approximate surface area is 236 Å². The van der Waals surface area contributed by atoms with Gasteiger partial charge in [-0.05, 0) is 54.8 Å². The molecule has 0 fully saturated rings. The van der Waals surface area contributed by atoms with E-state index in [1.165, 1.54) is 24.1 Å². The molecule has 0 saturated heterocycles. The van der Waals surface area contributed by atoms with Gasteiger partial charge in [0.1, 0.15) is 5.71 Å². The second-order valence-corrected chi connectivity index (χ2v) is 9.12. The van der Waals surface area contributed by atoms with E-state index >= 15 is 0 Å². The van der Waals surface area contributed by atoms with Crippen molar-refractivity contribution in [1.29, 1.82) is 0 Å². The number of carbonyl (C=O) groups excluding carboxylic acids is 1. The Morgan fingerprint density at radius 3 is 1.63 bits per heavy atom. The fourth-order valence-corrected chi connectivity index (χ4v) is 4.02. The molecule has 0 saturated carbocycles. The number of amides is 1. The number of hydrazone groups is 1. The summed E-state index contributed by atoms with van der Waals surface area (Å²) in [4.78, 5) is 13.5. The molecule has 0 unspecified atom stereocenters. The second kappa shape index (κ2) is 13.5. The van der Waals surface area contributed by atoms with Crippen LogP contribution in [0.25, 0.3) is 0 Å². The predicted molar refractivity (Wildman–Crippen MR) is 149 cm³/mol. The molecule has 10 heteroatoms. The highest BCUT2D eigenvalue weighted by Gasteiger charge is 2.41. The van der Waals surface area contributed by atoms with Crippen molar-refractivity contribution in [1.82, 2.24) is 10.3 Å². The highest BCUT2D eigenvalue weighted by atomic mass is 19.4. The summed E-state index contributed by atoms with van der Waals surface area (Å²) >= 11 is 0. The zero-order valence-electron chi connectivity index (χ0n) is 23.5. The molecule has 1 N–H and O–H groups in total. The zero-order chi connectivity index (χ0) is 31.0. The highest BCUT2D eigenvalue weighted by molar-refractivity contribution is 6.38. The summed E-state index contributed by atoms with van der Waals surface area (Å²) in [7, 11) is 1.55.